The van der Waals surface area contributed by atoms with E-state index in [1.54, 1.807) is 0 Å². The number of alkyl halides is 6. The molecule has 0 aliphatic carbocycles. The van der Waals surface area contributed by atoms with Crippen LogP contribution in [0.1, 0.15) is 35.1 Å². The zero-order valence-corrected chi connectivity index (χ0v) is 21.5. The highest BCUT2D eigenvalue weighted by Crippen LogP contribution is 2.40. The van der Waals surface area contributed by atoms with Gasteiger partial charge in [-0.15, -0.1) is 0 Å². The average Bonchev–Trinajstić information content (AvgIpc) is 2.89. The molecule has 1 atom stereocenters. The van der Waals surface area contributed by atoms with Gasteiger partial charge in [0.2, 0.25) is 0 Å². The molecule has 3 aromatic carbocycles. The van der Waals surface area contributed by atoms with Crippen LogP contribution in [0.25, 0.3) is 12.2 Å². The van der Waals surface area contributed by atoms with E-state index in [1.165, 1.54) is 24.3 Å². The molecule has 4 rings (SSSR count). The Labute approximate surface area is 229 Å². The monoisotopic (exact) mass is 603 g/mol. The first-order valence-corrected chi connectivity index (χ1v) is 13.3. The minimum Gasteiger partial charge on any atom is -0.486 e. The molecule has 0 saturated carbocycles. The van der Waals surface area contributed by atoms with Crippen molar-refractivity contribution in [2.45, 2.75) is 36.2 Å². The Bertz CT molecular complexity index is 1600. The molecular weight excluding hydrogens is 583 g/mol. The van der Waals surface area contributed by atoms with Gasteiger partial charge in [0.15, 0.2) is 0 Å². The Morgan fingerprint density at radius 1 is 0.976 bits per heavy atom. The van der Waals surface area contributed by atoms with E-state index < -0.39 is 68.4 Å². The van der Waals surface area contributed by atoms with Crippen LogP contribution in [0.2, 0.25) is 0 Å². The number of hydrogen-bond acceptors (Lipinski definition) is 4. The van der Waals surface area contributed by atoms with E-state index in [1.807, 2.05) is 0 Å². The molecule has 0 unspecified atom stereocenters. The minimum absolute atomic E-state index is 0.0407. The van der Waals surface area contributed by atoms with E-state index in [2.05, 4.69) is 0 Å². The molecule has 1 heterocycles. The fourth-order valence-corrected chi connectivity index (χ4v) is 5.72. The van der Waals surface area contributed by atoms with Gasteiger partial charge in [0, 0.05) is 6.42 Å². The van der Waals surface area contributed by atoms with Gasteiger partial charge in [-0.3, -0.25) is 9.10 Å². The number of rotatable bonds is 7. The van der Waals surface area contributed by atoms with Crippen molar-refractivity contribution in [1.29, 1.82) is 0 Å². The van der Waals surface area contributed by atoms with E-state index in [4.69, 9.17) is 9.84 Å². The second kappa shape index (κ2) is 11.1. The second-order valence-electron chi connectivity index (χ2n) is 9.02. The Morgan fingerprint density at radius 2 is 1.71 bits per heavy atom. The van der Waals surface area contributed by atoms with Crippen LogP contribution < -0.4 is 9.04 Å². The number of carbonyl (C=O) groups is 1. The van der Waals surface area contributed by atoms with E-state index in [0.29, 0.717) is 30.3 Å². The summed E-state index contributed by atoms with van der Waals surface area (Å²) in [6.07, 6.45) is -8.92. The molecule has 1 aliphatic rings. The van der Waals surface area contributed by atoms with Crippen LogP contribution in [-0.2, 0) is 27.2 Å². The van der Waals surface area contributed by atoms with Crippen LogP contribution in [0.5, 0.6) is 5.75 Å². The zero-order valence-electron chi connectivity index (χ0n) is 20.7. The standard InChI is InChI=1S/C27H20F7NO5S/c28-19-7-9-22(27(32,33)34)17(13-19)6-4-16-5-10-24-23(12-16)35(15-20(40-24)8-11-25(36)37)41(38,39)21-3-1-2-18(14-21)26(29,30)31/h1-7,9-10,12-14,20H,8,11,15H2,(H,36,37)/b6-4+/t20-/m0/s1. The molecule has 0 bridgehead atoms. The molecule has 1 N–H and O–H groups in total. The van der Waals surface area contributed by atoms with Crippen molar-refractivity contribution < 1.29 is 53.8 Å². The van der Waals surface area contributed by atoms with Crippen molar-refractivity contribution in [3.05, 3.63) is 88.7 Å². The Kier molecular flexibility index (Phi) is 8.07. The van der Waals surface area contributed by atoms with Crippen LogP contribution in [0.3, 0.4) is 0 Å². The number of aliphatic carboxylic acids is 1. The third-order valence-electron chi connectivity index (χ3n) is 6.12. The molecule has 0 radical (unpaired) electrons. The summed E-state index contributed by atoms with van der Waals surface area (Å²) in [5, 5.41) is 9.03. The SMILES string of the molecule is O=C(O)CC[C@H]1CN(S(=O)(=O)c2cccc(C(F)(F)F)c2)c2cc(/C=C/c3cc(F)ccc3C(F)(F)F)ccc2O1. The van der Waals surface area contributed by atoms with Crippen molar-refractivity contribution in [3.8, 4) is 5.75 Å². The summed E-state index contributed by atoms with van der Waals surface area (Å²) >= 11 is 0. The molecule has 0 amide bonds. The lowest BCUT2D eigenvalue weighted by molar-refractivity contribution is -0.138. The van der Waals surface area contributed by atoms with Gasteiger partial charge < -0.3 is 9.84 Å². The highest BCUT2D eigenvalue weighted by atomic mass is 32.2. The van der Waals surface area contributed by atoms with Crippen molar-refractivity contribution in [2.75, 3.05) is 10.8 Å². The molecule has 41 heavy (non-hydrogen) atoms. The fraction of sp³-hybridized carbons (Fsp3) is 0.222. The summed E-state index contributed by atoms with van der Waals surface area (Å²) in [7, 11) is -4.66. The molecule has 3 aromatic rings. The lowest BCUT2D eigenvalue weighted by atomic mass is 10.0. The normalized spacial score (nSPS) is 16.0. The first-order valence-electron chi connectivity index (χ1n) is 11.8. The lowest BCUT2D eigenvalue weighted by Gasteiger charge is -2.35. The van der Waals surface area contributed by atoms with Gasteiger partial charge in [-0.05, 0) is 66.1 Å². The highest BCUT2D eigenvalue weighted by Gasteiger charge is 2.37. The Balaban J connectivity index is 1.77. The van der Waals surface area contributed by atoms with Crippen molar-refractivity contribution >= 4 is 33.8 Å². The van der Waals surface area contributed by atoms with Crippen LogP contribution in [0, 0.1) is 5.82 Å². The summed E-state index contributed by atoms with van der Waals surface area (Å²) in [6.45, 7) is -0.450. The quantitative estimate of drug-likeness (QED) is 0.236. The Hall–Kier alpha value is -4.07. The first kappa shape index (κ1) is 29.9. The van der Waals surface area contributed by atoms with Gasteiger partial charge in [0.25, 0.3) is 10.0 Å². The molecular formula is C27H20F7NO5S. The number of benzene rings is 3. The molecule has 0 aromatic heterocycles. The third kappa shape index (κ3) is 6.81. The Morgan fingerprint density at radius 3 is 2.37 bits per heavy atom. The predicted molar refractivity (Wildman–Crippen MR) is 134 cm³/mol. The van der Waals surface area contributed by atoms with Crippen LogP contribution in [0.15, 0.2) is 65.6 Å². The molecule has 6 nitrogen and oxygen atoms in total. The number of sulfonamides is 1. The van der Waals surface area contributed by atoms with E-state index >= 15 is 0 Å². The summed E-state index contributed by atoms with van der Waals surface area (Å²) in [4.78, 5) is 10.4. The molecule has 1 aliphatic heterocycles. The number of hydrogen-bond donors (Lipinski definition) is 1. The molecule has 14 heteroatoms. The highest BCUT2D eigenvalue weighted by molar-refractivity contribution is 7.92. The number of ether oxygens (including phenoxy) is 1. The number of anilines is 1. The predicted octanol–water partition coefficient (Wildman–Crippen LogP) is 6.85. The second-order valence-corrected chi connectivity index (χ2v) is 10.9. The number of fused-ring (bicyclic) bond motifs is 1. The van der Waals surface area contributed by atoms with Crippen molar-refractivity contribution in [3.63, 3.8) is 0 Å². The van der Waals surface area contributed by atoms with Crippen molar-refractivity contribution in [2.24, 2.45) is 0 Å². The third-order valence-corrected chi connectivity index (χ3v) is 7.89. The van der Waals surface area contributed by atoms with Crippen molar-refractivity contribution in [1.82, 2.24) is 0 Å². The van der Waals surface area contributed by atoms with Gasteiger partial charge in [0.1, 0.15) is 17.7 Å². The van der Waals surface area contributed by atoms with Gasteiger partial charge in [-0.25, -0.2) is 12.8 Å². The summed E-state index contributed by atoms with van der Waals surface area (Å²) in [5.74, 6) is -2.13. The largest absolute Gasteiger partial charge is 0.486 e. The molecule has 0 spiro atoms. The zero-order chi connectivity index (χ0) is 30.2. The van der Waals surface area contributed by atoms with Gasteiger partial charge in [0.05, 0.1) is 28.3 Å². The minimum atomic E-state index is -4.83. The van der Waals surface area contributed by atoms with Gasteiger partial charge >= 0.3 is 18.3 Å². The number of carboxylic acid groups (broad SMARTS) is 1. The smallest absolute Gasteiger partial charge is 0.416 e. The lowest BCUT2D eigenvalue weighted by Crippen LogP contribution is -2.43. The molecule has 0 saturated heterocycles. The molecule has 0 fully saturated rings. The molecule has 218 valence electrons. The van der Waals surface area contributed by atoms with E-state index in [9.17, 15) is 43.9 Å². The van der Waals surface area contributed by atoms with Gasteiger partial charge in [-0.1, -0.05) is 24.3 Å². The maximum absolute atomic E-state index is 13.7. The average molecular weight is 604 g/mol. The topological polar surface area (TPSA) is 83.9 Å². The van der Waals surface area contributed by atoms with Crippen LogP contribution >= 0.6 is 0 Å². The maximum atomic E-state index is 13.7. The summed E-state index contributed by atoms with van der Waals surface area (Å²) in [5.41, 5.74) is -2.77. The summed E-state index contributed by atoms with van der Waals surface area (Å²) in [6, 6.07) is 8.88. The number of carboxylic acids is 1. The van der Waals surface area contributed by atoms with E-state index in [0.717, 1.165) is 22.5 Å². The number of halogens is 7. The first-order chi connectivity index (χ1) is 19.1. The fourth-order valence-electron chi connectivity index (χ4n) is 4.17. The van der Waals surface area contributed by atoms with Gasteiger partial charge in [-0.2, -0.15) is 26.3 Å². The number of nitrogens with zero attached hydrogens (tertiary/aromatic N) is 1. The van der Waals surface area contributed by atoms with E-state index in [-0.39, 0.29) is 29.8 Å². The maximum Gasteiger partial charge on any atom is 0.416 e. The van der Waals surface area contributed by atoms with Crippen LogP contribution in [-0.4, -0.2) is 32.1 Å². The summed E-state index contributed by atoms with van der Waals surface area (Å²) < 4.78 is 127. The van der Waals surface area contributed by atoms with Crippen LogP contribution in [0.4, 0.5) is 36.4 Å².